The molecule has 1 saturated carbocycles. The van der Waals surface area contributed by atoms with Gasteiger partial charge < -0.3 is 9.80 Å². The number of rotatable bonds is 3. The van der Waals surface area contributed by atoms with Crippen molar-refractivity contribution in [1.82, 2.24) is 9.97 Å². The zero-order valence-corrected chi connectivity index (χ0v) is 18.0. The third-order valence-corrected chi connectivity index (χ3v) is 6.72. The van der Waals surface area contributed by atoms with Crippen molar-refractivity contribution in [3.8, 4) is 0 Å². The summed E-state index contributed by atoms with van der Waals surface area (Å²) < 4.78 is 0. The molecule has 4 heterocycles. The van der Waals surface area contributed by atoms with E-state index in [9.17, 15) is 9.59 Å². The molecule has 160 valence electrons. The lowest BCUT2D eigenvalue weighted by Gasteiger charge is -2.40. The maximum atomic E-state index is 13.5. The molecule has 2 unspecified atom stereocenters. The fraction of sp³-hybridized carbons (Fsp3) is 0.280. The topological polar surface area (TPSA) is 69.6 Å². The van der Waals surface area contributed by atoms with Crippen molar-refractivity contribution in [1.29, 1.82) is 0 Å². The van der Waals surface area contributed by atoms with Gasteiger partial charge in [-0.3, -0.25) is 19.5 Å². The Morgan fingerprint density at radius 1 is 0.969 bits per heavy atom. The summed E-state index contributed by atoms with van der Waals surface area (Å²) in [5, 5.41) is 0. The van der Waals surface area contributed by atoms with E-state index in [4.69, 9.17) is 4.98 Å². The van der Waals surface area contributed by atoms with Crippen LogP contribution in [0.5, 0.6) is 0 Å². The first-order chi connectivity index (χ1) is 15.6. The summed E-state index contributed by atoms with van der Waals surface area (Å²) in [7, 11) is 1.79. The van der Waals surface area contributed by atoms with Gasteiger partial charge in [0.05, 0.1) is 11.7 Å². The summed E-state index contributed by atoms with van der Waals surface area (Å²) in [5.41, 5.74) is 3.42. The summed E-state index contributed by atoms with van der Waals surface area (Å²) in [6, 6.07) is 15.1. The number of fused-ring (bicyclic) bond motifs is 2. The van der Waals surface area contributed by atoms with Gasteiger partial charge in [-0.05, 0) is 61.2 Å². The van der Waals surface area contributed by atoms with Crippen molar-refractivity contribution in [2.24, 2.45) is 0 Å². The van der Waals surface area contributed by atoms with Crippen LogP contribution < -0.4 is 14.7 Å². The smallest absolute Gasteiger partial charge is 0.260 e. The Morgan fingerprint density at radius 2 is 1.72 bits per heavy atom. The number of hydrogen-bond donors (Lipinski definition) is 0. The average molecular weight is 425 g/mol. The first-order valence-corrected chi connectivity index (χ1v) is 11.0. The maximum Gasteiger partial charge on any atom is 0.260 e. The molecule has 6 rings (SSSR count). The largest absolute Gasteiger partial charge is 0.340 e. The van der Waals surface area contributed by atoms with Crippen LogP contribution in [0.2, 0.25) is 0 Å². The maximum absolute atomic E-state index is 13.5. The molecule has 2 aliphatic heterocycles. The lowest BCUT2D eigenvalue weighted by atomic mass is 9.99. The molecular weight excluding hydrogens is 402 g/mol. The first kappa shape index (κ1) is 19.0. The van der Waals surface area contributed by atoms with E-state index in [0.717, 1.165) is 35.5 Å². The van der Waals surface area contributed by atoms with Crippen molar-refractivity contribution in [3.63, 3.8) is 0 Å². The van der Waals surface area contributed by atoms with E-state index in [2.05, 4.69) is 9.88 Å². The zero-order valence-electron chi connectivity index (χ0n) is 18.0. The fourth-order valence-electron chi connectivity index (χ4n) is 4.99. The van der Waals surface area contributed by atoms with Crippen LogP contribution in [0.25, 0.3) is 0 Å². The van der Waals surface area contributed by atoms with Crippen molar-refractivity contribution in [2.75, 3.05) is 21.7 Å². The molecule has 2 amide bonds. The van der Waals surface area contributed by atoms with Crippen LogP contribution in [-0.4, -0.2) is 40.9 Å². The standard InChI is InChI=1S/C25H23N5O2/c1-15-24(31)28(2)20-9-10-21(27-23(20)29(15)17-7-8-17)30-22(16-11-13-26-14-12-16)18-5-3-4-6-19(18)25(30)32/h3-6,9-15,17,22H,7-8H2,1-2H3. The minimum absolute atomic E-state index is 0.0678. The highest BCUT2D eigenvalue weighted by Gasteiger charge is 2.44. The van der Waals surface area contributed by atoms with Gasteiger partial charge in [0, 0.05) is 31.0 Å². The number of likely N-dealkylation sites (N-methyl/N-ethyl adjacent to an activating group) is 1. The van der Waals surface area contributed by atoms with Crippen molar-refractivity contribution in [2.45, 2.75) is 37.9 Å². The normalized spacial score (nSPS) is 22.2. The van der Waals surface area contributed by atoms with Crippen LogP contribution >= 0.6 is 0 Å². The first-order valence-electron chi connectivity index (χ1n) is 11.0. The number of carbonyl (C=O) groups is 2. The highest BCUT2D eigenvalue weighted by Crippen LogP contribution is 2.45. The Bertz CT molecular complexity index is 1240. The minimum atomic E-state index is -0.276. The van der Waals surface area contributed by atoms with E-state index in [1.807, 2.05) is 55.5 Å². The highest BCUT2D eigenvalue weighted by molar-refractivity contribution is 6.12. The molecule has 0 bridgehead atoms. The van der Waals surface area contributed by atoms with Gasteiger partial charge in [0.1, 0.15) is 11.9 Å². The van der Waals surface area contributed by atoms with Gasteiger partial charge in [0.15, 0.2) is 5.82 Å². The van der Waals surface area contributed by atoms with E-state index >= 15 is 0 Å². The predicted octanol–water partition coefficient (Wildman–Crippen LogP) is 3.56. The quantitative estimate of drug-likeness (QED) is 0.642. The van der Waals surface area contributed by atoms with Crippen LogP contribution in [0.4, 0.5) is 17.3 Å². The molecule has 0 N–H and O–H groups in total. The second kappa shape index (κ2) is 6.88. The summed E-state index contributed by atoms with van der Waals surface area (Å²) in [6.07, 6.45) is 5.60. The molecule has 0 saturated heterocycles. The molecule has 1 aromatic carbocycles. The number of carbonyl (C=O) groups excluding carboxylic acids is 2. The van der Waals surface area contributed by atoms with E-state index in [1.54, 1.807) is 29.2 Å². The Labute approximate surface area is 186 Å². The molecule has 1 aliphatic carbocycles. The zero-order chi connectivity index (χ0) is 22.0. The highest BCUT2D eigenvalue weighted by atomic mass is 16.2. The van der Waals surface area contributed by atoms with Gasteiger partial charge in [-0.1, -0.05) is 18.2 Å². The van der Waals surface area contributed by atoms with Crippen molar-refractivity contribution in [3.05, 3.63) is 77.6 Å². The van der Waals surface area contributed by atoms with Crippen LogP contribution in [0.15, 0.2) is 60.9 Å². The molecular formula is C25H23N5O2. The molecule has 3 aliphatic rings. The number of pyridine rings is 2. The van der Waals surface area contributed by atoms with E-state index in [1.165, 1.54) is 0 Å². The third-order valence-electron chi connectivity index (χ3n) is 6.72. The molecule has 3 aromatic rings. The minimum Gasteiger partial charge on any atom is -0.340 e. The molecule has 0 radical (unpaired) electrons. The van der Waals surface area contributed by atoms with Crippen molar-refractivity contribution < 1.29 is 9.59 Å². The lowest BCUT2D eigenvalue weighted by molar-refractivity contribution is -0.119. The second-order valence-electron chi connectivity index (χ2n) is 8.67. The van der Waals surface area contributed by atoms with Crippen LogP contribution in [-0.2, 0) is 4.79 Å². The van der Waals surface area contributed by atoms with Gasteiger partial charge in [0.25, 0.3) is 5.91 Å². The molecule has 2 atom stereocenters. The molecule has 1 fully saturated rings. The number of anilines is 3. The Balaban J connectivity index is 1.51. The van der Waals surface area contributed by atoms with Crippen molar-refractivity contribution >= 4 is 29.1 Å². The number of benzene rings is 1. The third kappa shape index (κ3) is 2.67. The summed E-state index contributed by atoms with van der Waals surface area (Å²) in [6.45, 7) is 1.94. The van der Waals surface area contributed by atoms with Crippen LogP contribution in [0.1, 0.15) is 47.3 Å². The summed E-state index contributed by atoms with van der Waals surface area (Å²) in [5.74, 6) is 1.36. The number of hydrogen-bond acceptors (Lipinski definition) is 5. The van der Waals surface area contributed by atoms with Gasteiger partial charge in [-0.25, -0.2) is 4.98 Å². The summed E-state index contributed by atoms with van der Waals surface area (Å²) in [4.78, 5) is 41.1. The number of aromatic nitrogens is 2. The lowest BCUT2D eigenvalue weighted by Crippen LogP contribution is -2.52. The summed E-state index contributed by atoms with van der Waals surface area (Å²) >= 11 is 0. The Morgan fingerprint density at radius 3 is 2.47 bits per heavy atom. The van der Waals surface area contributed by atoms with Gasteiger partial charge in [-0.2, -0.15) is 0 Å². The van der Waals surface area contributed by atoms with E-state index in [0.29, 0.717) is 17.4 Å². The van der Waals surface area contributed by atoms with Crippen LogP contribution in [0.3, 0.4) is 0 Å². The molecule has 2 aromatic heterocycles. The molecule has 0 spiro atoms. The Hall–Kier alpha value is -3.74. The van der Waals surface area contributed by atoms with Gasteiger partial charge in [-0.15, -0.1) is 0 Å². The number of amides is 2. The molecule has 32 heavy (non-hydrogen) atoms. The fourth-order valence-corrected chi connectivity index (χ4v) is 4.99. The van der Waals surface area contributed by atoms with Gasteiger partial charge in [0.2, 0.25) is 5.91 Å². The Kier molecular flexibility index (Phi) is 4.08. The van der Waals surface area contributed by atoms with E-state index in [-0.39, 0.29) is 23.9 Å². The van der Waals surface area contributed by atoms with Gasteiger partial charge >= 0.3 is 0 Å². The molecule has 7 heteroatoms. The SMILES string of the molecule is CC1C(=O)N(C)c2ccc(N3C(=O)c4ccccc4C3c3ccncc3)nc2N1C1CC1. The predicted molar refractivity (Wildman–Crippen MR) is 122 cm³/mol. The molecule has 7 nitrogen and oxygen atoms in total. The van der Waals surface area contributed by atoms with E-state index < -0.39 is 0 Å². The monoisotopic (exact) mass is 425 g/mol. The average Bonchev–Trinajstić information content (AvgIpc) is 3.61. The number of nitrogens with zero attached hydrogens (tertiary/aromatic N) is 5. The second-order valence-corrected chi connectivity index (χ2v) is 8.67. The van der Waals surface area contributed by atoms with Crippen LogP contribution in [0, 0.1) is 0 Å².